The second-order valence-corrected chi connectivity index (χ2v) is 3.61. The molecule has 6 nitrogen and oxygen atoms in total. The first kappa shape index (κ1) is 17.9. The van der Waals surface area contributed by atoms with Gasteiger partial charge in [-0.3, -0.25) is 9.59 Å². The maximum atomic E-state index is 11.4. The average molecular weight is 283 g/mol. The summed E-state index contributed by atoms with van der Waals surface area (Å²) in [5.74, 6) is -0.947. The predicted octanol–water partition coefficient (Wildman–Crippen LogP) is 1.48. The molecule has 0 amide bonds. The molecule has 6 heteroatoms. The molecule has 1 aromatic carbocycles. The Morgan fingerprint density at radius 2 is 1.90 bits per heavy atom. The lowest BCUT2D eigenvalue weighted by molar-refractivity contribution is -0.165. The Hall–Kier alpha value is -2.08. The molecular formula is C14H21NO5. The third-order valence-electron chi connectivity index (χ3n) is 2.19. The summed E-state index contributed by atoms with van der Waals surface area (Å²) >= 11 is 0. The van der Waals surface area contributed by atoms with Crippen molar-refractivity contribution in [1.29, 1.82) is 0 Å². The van der Waals surface area contributed by atoms with E-state index in [9.17, 15) is 14.7 Å². The molecule has 0 fully saturated rings. The van der Waals surface area contributed by atoms with Crippen LogP contribution in [0.4, 0.5) is 0 Å². The lowest BCUT2D eigenvalue weighted by Gasteiger charge is -2.07. The normalized spacial score (nSPS) is 9.20. The topological polar surface area (TPSA) is 98.8 Å². The van der Waals surface area contributed by atoms with Gasteiger partial charge in [0.1, 0.15) is 5.75 Å². The molecule has 1 rings (SSSR count). The number of carbonyl (C=O) groups is 2. The maximum Gasteiger partial charge on any atom is 0.313 e. The Morgan fingerprint density at radius 3 is 2.45 bits per heavy atom. The molecular weight excluding hydrogens is 262 g/mol. The van der Waals surface area contributed by atoms with Gasteiger partial charge in [-0.2, -0.15) is 0 Å². The highest BCUT2D eigenvalue weighted by molar-refractivity contribution is 5.73. The lowest BCUT2D eigenvalue weighted by atomic mass is 10.1. The number of hydrogen-bond acceptors (Lipinski definition) is 6. The molecule has 0 saturated carbocycles. The van der Waals surface area contributed by atoms with Crippen molar-refractivity contribution in [3.05, 3.63) is 29.3 Å². The second kappa shape index (κ2) is 9.80. The third kappa shape index (κ3) is 6.75. The standard InChI is InChI=1S/C12H15NO5.C2H6/c1-8(14)17-7-18-12(16)5-9-2-3-11(15)10(4-9)6-13;1-2/h2-4,15H,5-7,13H2,1H3;1-2H3. The van der Waals surface area contributed by atoms with Crippen LogP contribution in [0.15, 0.2) is 18.2 Å². The first-order valence-corrected chi connectivity index (χ1v) is 6.32. The van der Waals surface area contributed by atoms with Crippen LogP contribution in [0.1, 0.15) is 31.9 Å². The van der Waals surface area contributed by atoms with E-state index in [4.69, 9.17) is 5.73 Å². The minimum Gasteiger partial charge on any atom is -0.508 e. The van der Waals surface area contributed by atoms with Gasteiger partial charge in [0.05, 0.1) is 6.42 Å². The summed E-state index contributed by atoms with van der Waals surface area (Å²) in [6.07, 6.45) is 0.0224. The SMILES string of the molecule is CC.CC(=O)OCOC(=O)Cc1ccc(O)c(CN)c1. The van der Waals surface area contributed by atoms with E-state index in [2.05, 4.69) is 9.47 Å². The van der Waals surface area contributed by atoms with E-state index in [0.29, 0.717) is 11.1 Å². The summed E-state index contributed by atoms with van der Waals surface area (Å²) in [5, 5.41) is 9.42. The fourth-order valence-electron chi connectivity index (χ4n) is 1.31. The smallest absolute Gasteiger partial charge is 0.313 e. The van der Waals surface area contributed by atoms with Crippen molar-refractivity contribution in [2.45, 2.75) is 33.7 Å². The number of rotatable bonds is 5. The van der Waals surface area contributed by atoms with Gasteiger partial charge in [0, 0.05) is 19.0 Å². The molecule has 0 aliphatic carbocycles. The first-order valence-electron chi connectivity index (χ1n) is 6.32. The molecule has 3 N–H and O–H groups in total. The van der Waals surface area contributed by atoms with Gasteiger partial charge >= 0.3 is 11.9 Å². The van der Waals surface area contributed by atoms with Gasteiger partial charge in [-0.15, -0.1) is 0 Å². The number of esters is 2. The first-order chi connectivity index (χ1) is 9.52. The van der Waals surface area contributed by atoms with Gasteiger partial charge in [-0.25, -0.2) is 0 Å². The zero-order valence-electron chi connectivity index (χ0n) is 12.0. The summed E-state index contributed by atoms with van der Waals surface area (Å²) in [6, 6.07) is 4.70. The van der Waals surface area contributed by atoms with Gasteiger partial charge in [-0.05, 0) is 11.6 Å². The summed E-state index contributed by atoms with van der Waals surface area (Å²) in [6.45, 7) is 5.01. The fourth-order valence-corrected chi connectivity index (χ4v) is 1.31. The number of nitrogens with two attached hydrogens (primary N) is 1. The predicted molar refractivity (Wildman–Crippen MR) is 73.8 cm³/mol. The van der Waals surface area contributed by atoms with Gasteiger partial charge in [0.15, 0.2) is 0 Å². The van der Waals surface area contributed by atoms with E-state index in [1.807, 2.05) is 13.8 Å². The number of carbonyl (C=O) groups excluding carboxylic acids is 2. The molecule has 0 saturated heterocycles. The largest absolute Gasteiger partial charge is 0.508 e. The molecule has 20 heavy (non-hydrogen) atoms. The van der Waals surface area contributed by atoms with Crippen LogP contribution in [0.3, 0.4) is 0 Å². The van der Waals surface area contributed by atoms with E-state index in [1.165, 1.54) is 13.0 Å². The molecule has 0 unspecified atom stereocenters. The summed E-state index contributed by atoms with van der Waals surface area (Å²) in [4.78, 5) is 21.8. The molecule has 0 aliphatic rings. The minimum atomic E-state index is -0.523. The minimum absolute atomic E-state index is 0.0224. The average Bonchev–Trinajstić information content (AvgIpc) is 2.42. The van der Waals surface area contributed by atoms with Gasteiger partial charge in [-0.1, -0.05) is 26.0 Å². The van der Waals surface area contributed by atoms with Crippen LogP contribution in [0.25, 0.3) is 0 Å². The van der Waals surface area contributed by atoms with Crippen LogP contribution in [0.2, 0.25) is 0 Å². The monoisotopic (exact) mass is 283 g/mol. The zero-order chi connectivity index (χ0) is 15.5. The number of phenolic OH excluding ortho intramolecular Hbond substituents is 1. The van der Waals surface area contributed by atoms with Gasteiger partial charge < -0.3 is 20.3 Å². The Kier molecular flexibility index (Phi) is 8.78. The quantitative estimate of drug-likeness (QED) is 0.627. The van der Waals surface area contributed by atoms with Gasteiger partial charge in [0.25, 0.3) is 0 Å². The molecule has 0 spiro atoms. The Morgan fingerprint density at radius 1 is 1.25 bits per heavy atom. The number of hydrogen-bond donors (Lipinski definition) is 2. The van der Waals surface area contributed by atoms with E-state index in [0.717, 1.165) is 0 Å². The summed E-state index contributed by atoms with van der Waals surface area (Å²) in [5.41, 5.74) is 6.65. The van der Waals surface area contributed by atoms with Crippen molar-refractivity contribution in [2.24, 2.45) is 5.73 Å². The lowest BCUT2D eigenvalue weighted by Crippen LogP contribution is -2.13. The zero-order valence-corrected chi connectivity index (χ0v) is 12.0. The van der Waals surface area contributed by atoms with Crippen molar-refractivity contribution in [3.63, 3.8) is 0 Å². The molecule has 112 valence electrons. The Labute approximate surface area is 118 Å². The van der Waals surface area contributed by atoms with Crippen LogP contribution >= 0.6 is 0 Å². The maximum absolute atomic E-state index is 11.4. The Balaban J connectivity index is 0.00000172. The van der Waals surface area contributed by atoms with Crippen molar-refractivity contribution in [3.8, 4) is 5.75 Å². The van der Waals surface area contributed by atoms with Crippen LogP contribution in [0.5, 0.6) is 5.75 Å². The van der Waals surface area contributed by atoms with Crippen molar-refractivity contribution >= 4 is 11.9 Å². The highest BCUT2D eigenvalue weighted by Gasteiger charge is 2.08. The highest BCUT2D eigenvalue weighted by atomic mass is 16.7. The number of ether oxygens (including phenoxy) is 2. The molecule has 0 heterocycles. The molecule has 0 aromatic heterocycles. The molecule has 0 aliphatic heterocycles. The fraction of sp³-hybridized carbons (Fsp3) is 0.429. The third-order valence-corrected chi connectivity index (χ3v) is 2.19. The highest BCUT2D eigenvalue weighted by Crippen LogP contribution is 2.18. The number of benzene rings is 1. The van der Waals surface area contributed by atoms with E-state index >= 15 is 0 Å². The second-order valence-electron chi connectivity index (χ2n) is 3.61. The summed E-state index contributed by atoms with van der Waals surface area (Å²) in [7, 11) is 0. The Bertz CT molecular complexity index is 445. The van der Waals surface area contributed by atoms with Crippen LogP contribution in [-0.2, 0) is 32.0 Å². The van der Waals surface area contributed by atoms with Crippen LogP contribution in [-0.4, -0.2) is 23.8 Å². The molecule has 0 atom stereocenters. The van der Waals surface area contributed by atoms with E-state index in [1.54, 1.807) is 12.1 Å². The van der Waals surface area contributed by atoms with E-state index < -0.39 is 18.7 Å². The number of phenols is 1. The van der Waals surface area contributed by atoms with Crippen molar-refractivity contribution in [1.82, 2.24) is 0 Å². The summed E-state index contributed by atoms with van der Waals surface area (Å²) < 4.78 is 9.16. The van der Waals surface area contributed by atoms with Crippen LogP contribution in [0, 0.1) is 0 Å². The van der Waals surface area contributed by atoms with E-state index in [-0.39, 0.29) is 18.7 Å². The molecule has 0 radical (unpaired) electrons. The van der Waals surface area contributed by atoms with Gasteiger partial charge in [0.2, 0.25) is 6.79 Å². The number of aromatic hydroxyl groups is 1. The van der Waals surface area contributed by atoms with Crippen molar-refractivity contribution < 1.29 is 24.2 Å². The van der Waals surface area contributed by atoms with Crippen molar-refractivity contribution in [2.75, 3.05) is 6.79 Å². The molecule has 0 bridgehead atoms. The van der Waals surface area contributed by atoms with Crippen LogP contribution < -0.4 is 5.73 Å². The molecule has 1 aromatic rings.